The van der Waals surface area contributed by atoms with Crippen LogP contribution in [0.5, 0.6) is 0 Å². The molecule has 3 aliphatic rings. The van der Waals surface area contributed by atoms with Crippen LogP contribution in [-0.4, -0.2) is 58.6 Å². The van der Waals surface area contributed by atoms with E-state index in [1.54, 1.807) is 4.90 Å². The number of aliphatic hydroxyl groups excluding tert-OH is 1. The summed E-state index contributed by atoms with van der Waals surface area (Å²) in [7, 11) is 0. The Morgan fingerprint density at radius 1 is 1.11 bits per heavy atom. The van der Waals surface area contributed by atoms with Crippen LogP contribution in [0.3, 0.4) is 0 Å². The second-order valence-corrected chi connectivity index (χ2v) is 9.45. The lowest BCUT2D eigenvalue weighted by Gasteiger charge is -2.58. The first kappa shape index (κ1) is 23.3. The van der Waals surface area contributed by atoms with Crippen molar-refractivity contribution in [2.24, 2.45) is 5.92 Å². The van der Waals surface area contributed by atoms with Gasteiger partial charge in [-0.25, -0.2) is 13.6 Å². The van der Waals surface area contributed by atoms with Gasteiger partial charge in [-0.2, -0.15) is 0 Å². The summed E-state index contributed by atoms with van der Waals surface area (Å²) in [5.41, 5.74) is 1.61. The molecule has 2 N–H and O–H groups in total. The van der Waals surface area contributed by atoms with Gasteiger partial charge in [0.2, 0.25) is 5.91 Å². The Labute approximate surface area is 202 Å². The Kier molecular flexibility index (Phi) is 6.44. The zero-order valence-corrected chi connectivity index (χ0v) is 19.2. The number of anilines is 1. The van der Waals surface area contributed by atoms with Crippen molar-refractivity contribution in [2.45, 2.75) is 43.7 Å². The summed E-state index contributed by atoms with van der Waals surface area (Å²) in [5.74, 6) is 5.19. The first-order chi connectivity index (χ1) is 16.9. The van der Waals surface area contributed by atoms with Gasteiger partial charge in [-0.15, -0.1) is 0 Å². The van der Waals surface area contributed by atoms with E-state index in [1.807, 2.05) is 24.3 Å². The predicted molar refractivity (Wildman–Crippen MR) is 126 cm³/mol. The molecule has 182 valence electrons. The minimum Gasteiger partial charge on any atom is -0.394 e. The van der Waals surface area contributed by atoms with Crippen LogP contribution in [-0.2, 0) is 4.79 Å². The Morgan fingerprint density at radius 2 is 1.86 bits per heavy atom. The Morgan fingerprint density at radius 3 is 2.57 bits per heavy atom. The summed E-state index contributed by atoms with van der Waals surface area (Å²) in [6.07, 6.45) is 4.80. The SMILES string of the molecule is O=C(Nc1cc(F)ccc1F)N1CC(=O)N2[C@H](C1)[C@H](c1ccc(C#CC3CCCC3)cc1)[C@@H]2CO. The topological polar surface area (TPSA) is 72.9 Å². The fourth-order valence-electron chi connectivity index (χ4n) is 5.49. The number of hydrogen-bond acceptors (Lipinski definition) is 3. The average Bonchev–Trinajstić information content (AvgIpc) is 3.36. The van der Waals surface area contributed by atoms with E-state index in [1.165, 1.54) is 17.7 Å². The molecule has 0 spiro atoms. The summed E-state index contributed by atoms with van der Waals surface area (Å²) in [4.78, 5) is 28.5. The standard InChI is InChI=1S/C27H27F2N3O3/c28-20-11-12-21(29)22(13-20)30-27(35)31-14-23-26(24(16-33)32(23)25(34)15-31)19-9-7-18(8-10-19)6-5-17-3-1-2-4-17/h7-13,17,23-24,26,33H,1-4,14-16H2,(H,30,35)/t23-,24+,26+/m1/s1. The third-order valence-electron chi connectivity index (χ3n) is 7.28. The smallest absolute Gasteiger partial charge is 0.322 e. The van der Waals surface area contributed by atoms with Crippen molar-refractivity contribution in [3.05, 3.63) is 65.2 Å². The molecule has 6 nitrogen and oxygen atoms in total. The molecule has 5 rings (SSSR count). The quantitative estimate of drug-likeness (QED) is 0.660. The number of halogens is 2. The molecule has 2 heterocycles. The average molecular weight is 480 g/mol. The number of carbonyl (C=O) groups excluding carboxylic acids is 2. The summed E-state index contributed by atoms with van der Waals surface area (Å²) in [6.45, 7) is -0.159. The number of urea groups is 1. The first-order valence-corrected chi connectivity index (χ1v) is 12.0. The van der Waals surface area contributed by atoms with Crippen LogP contribution in [0.15, 0.2) is 42.5 Å². The number of nitrogens with zero attached hydrogens (tertiary/aromatic N) is 2. The molecule has 35 heavy (non-hydrogen) atoms. The van der Waals surface area contributed by atoms with E-state index in [0.717, 1.165) is 42.2 Å². The molecule has 3 amide bonds. The van der Waals surface area contributed by atoms with Crippen molar-refractivity contribution in [3.63, 3.8) is 0 Å². The Balaban J connectivity index is 1.30. The molecule has 3 fully saturated rings. The lowest BCUT2D eigenvalue weighted by Crippen LogP contribution is -2.73. The maximum atomic E-state index is 14.0. The van der Waals surface area contributed by atoms with Crippen LogP contribution in [0.4, 0.5) is 19.3 Å². The van der Waals surface area contributed by atoms with Crippen LogP contribution in [0.25, 0.3) is 0 Å². The molecule has 0 radical (unpaired) electrons. The van der Waals surface area contributed by atoms with Gasteiger partial charge in [-0.05, 0) is 42.7 Å². The summed E-state index contributed by atoms with van der Waals surface area (Å²) < 4.78 is 27.4. The second-order valence-electron chi connectivity index (χ2n) is 9.45. The van der Waals surface area contributed by atoms with E-state index in [-0.39, 0.29) is 49.3 Å². The number of fused-ring (bicyclic) bond motifs is 1. The van der Waals surface area contributed by atoms with E-state index in [4.69, 9.17) is 0 Å². The van der Waals surface area contributed by atoms with Crippen LogP contribution in [0.2, 0.25) is 0 Å². The van der Waals surface area contributed by atoms with E-state index in [2.05, 4.69) is 17.2 Å². The number of hydrogen-bond donors (Lipinski definition) is 2. The fraction of sp³-hybridized carbons (Fsp3) is 0.407. The predicted octanol–water partition coefficient (Wildman–Crippen LogP) is 3.71. The van der Waals surface area contributed by atoms with E-state index >= 15 is 0 Å². The van der Waals surface area contributed by atoms with Gasteiger partial charge in [0.1, 0.15) is 18.2 Å². The third kappa shape index (κ3) is 4.61. The molecule has 8 heteroatoms. The zero-order valence-electron chi connectivity index (χ0n) is 19.2. The molecule has 0 aromatic heterocycles. The van der Waals surface area contributed by atoms with Crippen molar-refractivity contribution < 1.29 is 23.5 Å². The Hall–Kier alpha value is -3.44. The van der Waals surface area contributed by atoms with Gasteiger partial charge in [0, 0.05) is 30.0 Å². The molecule has 2 aromatic carbocycles. The second kappa shape index (κ2) is 9.67. The molecule has 2 saturated heterocycles. The van der Waals surface area contributed by atoms with E-state index in [9.17, 15) is 23.5 Å². The van der Waals surface area contributed by atoms with Crippen LogP contribution in [0, 0.1) is 29.4 Å². The van der Waals surface area contributed by atoms with Gasteiger partial charge in [0.25, 0.3) is 0 Å². The van der Waals surface area contributed by atoms with Gasteiger partial charge in [0.15, 0.2) is 0 Å². The molecular weight excluding hydrogens is 452 g/mol. The van der Waals surface area contributed by atoms with Crippen LogP contribution < -0.4 is 5.32 Å². The van der Waals surface area contributed by atoms with Crippen LogP contribution in [0.1, 0.15) is 42.7 Å². The molecule has 1 aliphatic carbocycles. The summed E-state index contributed by atoms with van der Waals surface area (Å²) >= 11 is 0. The minimum absolute atomic E-state index is 0.151. The Bertz CT molecular complexity index is 1180. The highest BCUT2D eigenvalue weighted by molar-refractivity contribution is 5.94. The van der Waals surface area contributed by atoms with E-state index in [0.29, 0.717) is 5.92 Å². The number of nitrogens with one attached hydrogen (secondary N) is 1. The first-order valence-electron chi connectivity index (χ1n) is 12.0. The molecule has 1 saturated carbocycles. The van der Waals surface area contributed by atoms with Gasteiger partial charge in [0.05, 0.1) is 24.4 Å². The summed E-state index contributed by atoms with van der Waals surface area (Å²) in [6, 6.07) is 9.29. The minimum atomic E-state index is -0.761. The van der Waals surface area contributed by atoms with E-state index < -0.39 is 17.7 Å². The van der Waals surface area contributed by atoms with Crippen LogP contribution >= 0.6 is 0 Å². The highest BCUT2D eigenvalue weighted by Gasteiger charge is 2.54. The highest BCUT2D eigenvalue weighted by Crippen LogP contribution is 2.43. The van der Waals surface area contributed by atoms with Crippen molar-refractivity contribution in [1.29, 1.82) is 0 Å². The number of amides is 3. The summed E-state index contributed by atoms with van der Waals surface area (Å²) in [5, 5.41) is 12.3. The molecule has 2 aliphatic heterocycles. The fourth-order valence-corrected chi connectivity index (χ4v) is 5.49. The molecule has 0 bridgehead atoms. The van der Waals surface area contributed by atoms with Crippen molar-refractivity contribution in [2.75, 3.05) is 25.0 Å². The normalized spacial score (nSPS) is 23.9. The monoisotopic (exact) mass is 479 g/mol. The molecular formula is C27H27F2N3O3. The number of benzene rings is 2. The molecule has 0 unspecified atom stereocenters. The van der Waals surface area contributed by atoms with Gasteiger partial charge < -0.3 is 20.2 Å². The number of rotatable bonds is 3. The van der Waals surface area contributed by atoms with Crippen molar-refractivity contribution in [1.82, 2.24) is 9.80 Å². The third-order valence-corrected chi connectivity index (χ3v) is 7.28. The number of aliphatic hydroxyl groups is 1. The van der Waals surface area contributed by atoms with Crippen molar-refractivity contribution >= 4 is 17.6 Å². The maximum Gasteiger partial charge on any atom is 0.322 e. The number of piperazine rings is 1. The van der Waals surface area contributed by atoms with Gasteiger partial charge in [-0.1, -0.05) is 36.8 Å². The number of carbonyl (C=O) groups is 2. The lowest BCUT2D eigenvalue weighted by molar-refractivity contribution is -0.159. The van der Waals surface area contributed by atoms with Gasteiger partial charge in [-0.3, -0.25) is 4.79 Å². The lowest BCUT2D eigenvalue weighted by atomic mass is 9.73. The largest absolute Gasteiger partial charge is 0.394 e. The zero-order chi connectivity index (χ0) is 24.5. The van der Waals surface area contributed by atoms with Gasteiger partial charge >= 0.3 is 6.03 Å². The molecule has 3 atom stereocenters. The maximum absolute atomic E-state index is 14.0. The molecule has 2 aromatic rings. The highest BCUT2D eigenvalue weighted by atomic mass is 19.1. The van der Waals surface area contributed by atoms with Crippen molar-refractivity contribution in [3.8, 4) is 11.8 Å².